The standard InChI is InChI=1S/C14H12Cl2N2O2/c15-10-6-9(7-12-13(10)20-5-4-19-12)8-18-11-2-1-3-17-14(11)16/h1-3,6-7,18H,4-5,8H2. The number of rotatable bonds is 3. The van der Waals surface area contributed by atoms with Gasteiger partial charge in [0, 0.05) is 12.7 Å². The largest absolute Gasteiger partial charge is 0.486 e. The second kappa shape index (κ2) is 5.77. The van der Waals surface area contributed by atoms with Crippen LogP contribution in [0.1, 0.15) is 5.56 Å². The summed E-state index contributed by atoms with van der Waals surface area (Å²) in [4.78, 5) is 4.01. The summed E-state index contributed by atoms with van der Waals surface area (Å²) in [6.45, 7) is 1.63. The van der Waals surface area contributed by atoms with Crippen molar-refractivity contribution < 1.29 is 9.47 Å². The van der Waals surface area contributed by atoms with E-state index in [9.17, 15) is 0 Å². The summed E-state index contributed by atoms with van der Waals surface area (Å²) >= 11 is 12.2. The van der Waals surface area contributed by atoms with Crippen LogP contribution in [0.2, 0.25) is 10.2 Å². The molecule has 104 valence electrons. The van der Waals surface area contributed by atoms with Gasteiger partial charge in [-0.3, -0.25) is 0 Å². The summed E-state index contributed by atoms with van der Waals surface area (Å²) in [7, 11) is 0. The Balaban J connectivity index is 1.78. The molecule has 0 atom stereocenters. The lowest BCUT2D eigenvalue weighted by Gasteiger charge is -2.20. The molecule has 4 nitrogen and oxygen atoms in total. The number of ether oxygens (including phenoxy) is 2. The van der Waals surface area contributed by atoms with Crippen molar-refractivity contribution in [1.82, 2.24) is 4.98 Å². The fourth-order valence-corrected chi connectivity index (χ4v) is 2.46. The molecule has 2 aromatic rings. The minimum atomic E-state index is 0.441. The first kappa shape index (κ1) is 13.3. The lowest BCUT2D eigenvalue weighted by molar-refractivity contribution is 0.171. The molecule has 0 radical (unpaired) electrons. The first-order valence-electron chi connectivity index (χ1n) is 6.16. The van der Waals surface area contributed by atoms with Crippen LogP contribution in [0.5, 0.6) is 11.5 Å². The number of fused-ring (bicyclic) bond motifs is 1. The van der Waals surface area contributed by atoms with Gasteiger partial charge in [-0.05, 0) is 29.8 Å². The van der Waals surface area contributed by atoms with Crippen LogP contribution in [0, 0.1) is 0 Å². The highest BCUT2D eigenvalue weighted by Crippen LogP contribution is 2.38. The fraction of sp³-hybridized carbons (Fsp3) is 0.214. The van der Waals surface area contributed by atoms with E-state index in [-0.39, 0.29) is 0 Å². The van der Waals surface area contributed by atoms with Gasteiger partial charge >= 0.3 is 0 Å². The number of halogens is 2. The summed E-state index contributed by atoms with van der Waals surface area (Å²) in [5.41, 5.74) is 1.76. The minimum absolute atomic E-state index is 0.441. The SMILES string of the molecule is Clc1cc(CNc2cccnc2Cl)cc2c1OCCO2. The van der Waals surface area contributed by atoms with Crippen molar-refractivity contribution in [2.75, 3.05) is 18.5 Å². The van der Waals surface area contributed by atoms with Crippen LogP contribution < -0.4 is 14.8 Å². The summed E-state index contributed by atoms with van der Waals surface area (Å²) in [6.07, 6.45) is 1.65. The Bertz CT molecular complexity index is 635. The molecule has 0 saturated heterocycles. The third-order valence-electron chi connectivity index (χ3n) is 2.90. The van der Waals surface area contributed by atoms with Crippen LogP contribution in [-0.4, -0.2) is 18.2 Å². The molecule has 0 unspecified atom stereocenters. The third-order valence-corrected chi connectivity index (χ3v) is 3.48. The molecule has 1 aromatic carbocycles. The van der Waals surface area contributed by atoms with Crippen molar-refractivity contribution in [3.63, 3.8) is 0 Å². The highest BCUT2D eigenvalue weighted by molar-refractivity contribution is 6.32. The van der Waals surface area contributed by atoms with Gasteiger partial charge in [0.2, 0.25) is 0 Å². The molecule has 0 saturated carbocycles. The lowest BCUT2D eigenvalue weighted by Crippen LogP contribution is -2.16. The average molecular weight is 311 g/mol. The summed E-state index contributed by atoms with van der Waals surface area (Å²) < 4.78 is 11.0. The number of nitrogens with one attached hydrogen (secondary N) is 1. The molecular weight excluding hydrogens is 299 g/mol. The Morgan fingerprint density at radius 3 is 2.90 bits per heavy atom. The van der Waals surface area contributed by atoms with Crippen LogP contribution in [0.25, 0.3) is 0 Å². The maximum atomic E-state index is 6.19. The highest BCUT2D eigenvalue weighted by atomic mass is 35.5. The molecular formula is C14H12Cl2N2O2. The van der Waals surface area contributed by atoms with Gasteiger partial charge in [0.25, 0.3) is 0 Å². The van der Waals surface area contributed by atoms with Gasteiger partial charge < -0.3 is 14.8 Å². The molecule has 1 aliphatic heterocycles. The second-order valence-electron chi connectivity index (χ2n) is 4.30. The van der Waals surface area contributed by atoms with Gasteiger partial charge in [-0.15, -0.1) is 0 Å². The number of anilines is 1. The highest BCUT2D eigenvalue weighted by Gasteiger charge is 2.16. The van der Waals surface area contributed by atoms with E-state index >= 15 is 0 Å². The van der Waals surface area contributed by atoms with Crippen molar-refractivity contribution in [3.8, 4) is 11.5 Å². The molecule has 2 heterocycles. The molecule has 1 N–H and O–H groups in total. The van der Waals surface area contributed by atoms with E-state index in [1.165, 1.54) is 0 Å². The van der Waals surface area contributed by atoms with E-state index in [4.69, 9.17) is 32.7 Å². The van der Waals surface area contributed by atoms with Gasteiger partial charge in [0.1, 0.15) is 13.2 Å². The normalized spacial score (nSPS) is 13.1. The molecule has 1 aliphatic rings. The number of hydrogen-bond donors (Lipinski definition) is 1. The zero-order valence-corrected chi connectivity index (χ0v) is 12.0. The van der Waals surface area contributed by atoms with E-state index in [1.807, 2.05) is 24.3 Å². The van der Waals surface area contributed by atoms with E-state index in [1.54, 1.807) is 6.20 Å². The smallest absolute Gasteiger partial charge is 0.179 e. The molecule has 1 aromatic heterocycles. The first-order valence-corrected chi connectivity index (χ1v) is 6.92. The van der Waals surface area contributed by atoms with Crippen molar-refractivity contribution >= 4 is 28.9 Å². The lowest BCUT2D eigenvalue weighted by atomic mass is 10.2. The third kappa shape index (κ3) is 2.76. The Morgan fingerprint density at radius 2 is 2.05 bits per heavy atom. The van der Waals surface area contributed by atoms with E-state index in [0.29, 0.717) is 41.4 Å². The molecule has 20 heavy (non-hydrogen) atoms. The van der Waals surface area contributed by atoms with E-state index < -0.39 is 0 Å². The zero-order chi connectivity index (χ0) is 13.9. The Kier molecular flexibility index (Phi) is 3.85. The zero-order valence-electron chi connectivity index (χ0n) is 10.5. The van der Waals surface area contributed by atoms with Gasteiger partial charge in [-0.2, -0.15) is 0 Å². The van der Waals surface area contributed by atoms with Gasteiger partial charge in [0.15, 0.2) is 16.7 Å². The number of nitrogens with zero attached hydrogens (tertiary/aromatic N) is 1. The van der Waals surface area contributed by atoms with Crippen molar-refractivity contribution in [1.29, 1.82) is 0 Å². The quantitative estimate of drug-likeness (QED) is 0.876. The second-order valence-corrected chi connectivity index (χ2v) is 5.06. The van der Waals surface area contributed by atoms with Crippen molar-refractivity contribution in [2.24, 2.45) is 0 Å². The monoisotopic (exact) mass is 310 g/mol. The van der Waals surface area contributed by atoms with Gasteiger partial charge in [0.05, 0.1) is 10.7 Å². The number of hydrogen-bond acceptors (Lipinski definition) is 4. The minimum Gasteiger partial charge on any atom is -0.486 e. The van der Waals surface area contributed by atoms with Gasteiger partial charge in [-0.1, -0.05) is 23.2 Å². The van der Waals surface area contributed by atoms with E-state index in [0.717, 1.165) is 11.3 Å². The maximum Gasteiger partial charge on any atom is 0.179 e. The predicted molar refractivity (Wildman–Crippen MR) is 79.0 cm³/mol. The molecule has 0 bridgehead atoms. The molecule has 0 spiro atoms. The summed E-state index contributed by atoms with van der Waals surface area (Å²) in [6, 6.07) is 7.46. The molecule has 3 rings (SSSR count). The van der Waals surface area contributed by atoms with E-state index in [2.05, 4.69) is 10.3 Å². The maximum absolute atomic E-state index is 6.19. The molecule has 0 amide bonds. The predicted octanol–water partition coefficient (Wildman–Crippen LogP) is 3.77. The fourth-order valence-electron chi connectivity index (χ4n) is 1.98. The summed E-state index contributed by atoms with van der Waals surface area (Å²) in [5, 5.41) is 4.21. The first-order chi connectivity index (χ1) is 9.74. The van der Waals surface area contributed by atoms with Crippen LogP contribution in [0.4, 0.5) is 5.69 Å². The number of aromatic nitrogens is 1. The average Bonchev–Trinajstić information content (AvgIpc) is 2.46. The number of benzene rings is 1. The Hall–Kier alpha value is -1.65. The topological polar surface area (TPSA) is 43.4 Å². The molecule has 0 fully saturated rings. The van der Waals surface area contributed by atoms with Crippen molar-refractivity contribution in [2.45, 2.75) is 6.54 Å². The van der Waals surface area contributed by atoms with Crippen LogP contribution in [-0.2, 0) is 6.54 Å². The van der Waals surface area contributed by atoms with Crippen molar-refractivity contribution in [3.05, 3.63) is 46.2 Å². The molecule has 0 aliphatic carbocycles. The molecule has 6 heteroatoms. The Morgan fingerprint density at radius 1 is 1.20 bits per heavy atom. The van der Waals surface area contributed by atoms with Crippen LogP contribution in [0.3, 0.4) is 0 Å². The van der Waals surface area contributed by atoms with Gasteiger partial charge in [-0.25, -0.2) is 4.98 Å². The summed E-state index contributed by atoms with van der Waals surface area (Å²) in [5.74, 6) is 1.29. The number of pyridine rings is 1. The van der Waals surface area contributed by atoms with Crippen LogP contribution >= 0.6 is 23.2 Å². The van der Waals surface area contributed by atoms with Crippen LogP contribution in [0.15, 0.2) is 30.5 Å². The Labute approximate surface area is 126 Å².